The Kier molecular flexibility index (Phi) is 5.31. The Morgan fingerprint density at radius 3 is 2.61 bits per heavy atom. The van der Waals surface area contributed by atoms with Crippen molar-refractivity contribution in [3.8, 4) is 0 Å². The van der Waals surface area contributed by atoms with Gasteiger partial charge in [0.05, 0.1) is 5.92 Å². The molecule has 0 radical (unpaired) electrons. The third kappa shape index (κ3) is 3.87. The van der Waals surface area contributed by atoms with Crippen molar-refractivity contribution in [2.24, 2.45) is 5.92 Å². The van der Waals surface area contributed by atoms with E-state index in [2.05, 4.69) is 33.9 Å². The van der Waals surface area contributed by atoms with Crippen molar-refractivity contribution in [1.82, 2.24) is 14.9 Å². The van der Waals surface area contributed by atoms with Crippen molar-refractivity contribution in [3.63, 3.8) is 0 Å². The van der Waals surface area contributed by atoms with Gasteiger partial charge in [0.2, 0.25) is 11.8 Å². The second-order valence-electron chi connectivity index (χ2n) is 8.06. The highest BCUT2D eigenvalue weighted by atomic mass is 32.1. The molecule has 0 saturated carbocycles. The molecule has 1 aromatic carbocycles. The summed E-state index contributed by atoms with van der Waals surface area (Å²) in [5.41, 5.74) is 3.04. The summed E-state index contributed by atoms with van der Waals surface area (Å²) in [5, 5.41) is 0.957. The van der Waals surface area contributed by atoms with Crippen molar-refractivity contribution in [2.75, 3.05) is 42.5 Å². The second kappa shape index (κ2) is 8.26. The van der Waals surface area contributed by atoms with Crippen LogP contribution < -0.4 is 9.80 Å². The molecule has 5 rings (SSSR count). The number of pyridine rings is 1. The maximum absolute atomic E-state index is 13.1. The van der Waals surface area contributed by atoms with Gasteiger partial charge in [0.25, 0.3) is 0 Å². The normalized spacial score (nSPS) is 19.5. The third-order valence-electron chi connectivity index (χ3n) is 6.15. The highest BCUT2D eigenvalue weighted by Crippen LogP contribution is 2.29. The molecule has 2 aliphatic heterocycles. The average molecular weight is 436 g/mol. The number of rotatable bonds is 4. The summed E-state index contributed by atoms with van der Waals surface area (Å²) in [5.74, 6) is -0.147. The molecule has 1 unspecified atom stereocenters. The van der Waals surface area contributed by atoms with E-state index in [1.54, 1.807) is 22.4 Å². The lowest BCUT2D eigenvalue weighted by Gasteiger charge is -2.35. The maximum atomic E-state index is 13.1. The number of carbonyl (C=O) groups excluding carboxylic acids is 2. The Bertz CT molecular complexity index is 1070. The van der Waals surface area contributed by atoms with Crippen molar-refractivity contribution >= 4 is 44.3 Å². The molecular formula is C23H25N5O2S. The van der Waals surface area contributed by atoms with Crippen LogP contribution in [-0.4, -0.2) is 59.4 Å². The van der Waals surface area contributed by atoms with Crippen LogP contribution in [0.1, 0.15) is 18.9 Å². The number of benzene rings is 1. The number of thiazole rings is 1. The van der Waals surface area contributed by atoms with Crippen LogP contribution in [0.15, 0.2) is 42.6 Å². The van der Waals surface area contributed by atoms with Crippen LogP contribution in [0.4, 0.5) is 10.8 Å². The standard InChI is InChI=1S/C23H25N5O2S/c1-2-16-5-7-18(8-6-16)28-15-17(14-20(28)29)22(30)26-10-12-27(13-11-26)23-25-19-4-3-9-24-21(19)31-23/h3-9,17H,2,10-15H2,1H3. The average Bonchev–Trinajstić information content (AvgIpc) is 3.42. The molecule has 2 amide bonds. The van der Waals surface area contributed by atoms with Crippen molar-refractivity contribution < 1.29 is 9.59 Å². The van der Waals surface area contributed by atoms with E-state index < -0.39 is 0 Å². The van der Waals surface area contributed by atoms with Crippen molar-refractivity contribution in [1.29, 1.82) is 0 Å². The Labute approximate surface area is 185 Å². The number of aromatic nitrogens is 2. The molecule has 4 heterocycles. The number of anilines is 2. The first kappa shape index (κ1) is 19.9. The predicted octanol–water partition coefficient (Wildman–Crippen LogP) is 2.96. The molecule has 0 N–H and O–H groups in total. The Hall–Kier alpha value is -3.00. The lowest BCUT2D eigenvalue weighted by Crippen LogP contribution is -2.50. The lowest BCUT2D eigenvalue weighted by molar-refractivity contribution is -0.136. The quantitative estimate of drug-likeness (QED) is 0.630. The second-order valence-corrected chi connectivity index (χ2v) is 9.02. The van der Waals surface area contributed by atoms with Gasteiger partial charge in [0, 0.05) is 51.0 Å². The highest BCUT2D eigenvalue weighted by Gasteiger charge is 2.38. The van der Waals surface area contributed by atoms with Gasteiger partial charge in [0.15, 0.2) is 5.13 Å². The number of piperazine rings is 1. The van der Waals surface area contributed by atoms with Gasteiger partial charge in [0.1, 0.15) is 10.3 Å². The summed E-state index contributed by atoms with van der Waals surface area (Å²) >= 11 is 1.59. The first-order chi connectivity index (χ1) is 15.1. The minimum atomic E-state index is -0.267. The Balaban J connectivity index is 1.20. The topological polar surface area (TPSA) is 69.6 Å². The molecule has 2 aromatic heterocycles. The molecule has 31 heavy (non-hydrogen) atoms. The van der Waals surface area contributed by atoms with Crippen molar-refractivity contribution in [2.45, 2.75) is 19.8 Å². The fourth-order valence-electron chi connectivity index (χ4n) is 4.30. The molecule has 160 valence electrons. The van der Waals surface area contributed by atoms with Gasteiger partial charge in [-0.25, -0.2) is 9.97 Å². The number of fused-ring (bicyclic) bond motifs is 1. The number of hydrogen-bond donors (Lipinski definition) is 0. The first-order valence-corrected chi connectivity index (χ1v) is 11.6. The van der Waals surface area contributed by atoms with Gasteiger partial charge in [-0.05, 0) is 36.2 Å². The molecular weight excluding hydrogens is 410 g/mol. The van der Waals surface area contributed by atoms with Crippen LogP contribution >= 0.6 is 11.3 Å². The fraction of sp³-hybridized carbons (Fsp3) is 0.391. The maximum Gasteiger partial charge on any atom is 0.228 e. The summed E-state index contributed by atoms with van der Waals surface area (Å²) in [6, 6.07) is 11.9. The molecule has 2 aliphatic rings. The van der Waals surface area contributed by atoms with Crippen molar-refractivity contribution in [3.05, 3.63) is 48.2 Å². The fourth-order valence-corrected chi connectivity index (χ4v) is 5.26. The van der Waals surface area contributed by atoms with Gasteiger partial charge < -0.3 is 14.7 Å². The van der Waals surface area contributed by atoms with E-state index in [1.807, 2.05) is 29.2 Å². The summed E-state index contributed by atoms with van der Waals surface area (Å²) in [6.45, 7) is 5.37. The smallest absolute Gasteiger partial charge is 0.228 e. The van der Waals surface area contributed by atoms with E-state index >= 15 is 0 Å². The Morgan fingerprint density at radius 2 is 1.90 bits per heavy atom. The molecule has 3 aromatic rings. The molecule has 7 nitrogen and oxygen atoms in total. The predicted molar refractivity (Wildman–Crippen MR) is 122 cm³/mol. The minimum Gasteiger partial charge on any atom is -0.344 e. The van der Waals surface area contributed by atoms with Crippen LogP contribution in [0.3, 0.4) is 0 Å². The summed E-state index contributed by atoms with van der Waals surface area (Å²) in [7, 11) is 0. The molecule has 0 aliphatic carbocycles. The lowest BCUT2D eigenvalue weighted by atomic mass is 10.1. The van der Waals surface area contributed by atoms with Gasteiger partial charge in [-0.15, -0.1) is 0 Å². The molecule has 0 spiro atoms. The molecule has 0 bridgehead atoms. The van der Waals surface area contributed by atoms with Crippen LogP contribution in [0.25, 0.3) is 10.3 Å². The SMILES string of the molecule is CCc1ccc(N2CC(C(=O)N3CCN(c4nc5cccnc5s4)CC3)CC2=O)cc1. The summed E-state index contributed by atoms with van der Waals surface area (Å²) in [6.07, 6.45) is 3.04. The van der Waals surface area contributed by atoms with Crippen LogP contribution in [0, 0.1) is 5.92 Å². The summed E-state index contributed by atoms with van der Waals surface area (Å²) in [4.78, 5) is 41.6. The van der Waals surface area contributed by atoms with Gasteiger partial charge in [-0.3, -0.25) is 9.59 Å². The Morgan fingerprint density at radius 1 is 1.13 bits per heavy atom. The minimum absolute atomic E-state index is 0.0308. The van der Waals surface area contributed by atoms with E-state index in [4.69, 9.17) is 0 Å². The molecule has 8 heteroatoms. The number of aryl methyl sites for hydroxylation is 1. The summed E-state index contributed by atoms with van der Waals surface area (Å²) < 4.78 is 0. The van der Waals surface area contributed by atoms with E-state index in [0.29, 0.717) is 19.6 Å². The first-order valence-electron chi connectivity index (χ1n) is 10.8. The van der Waals surface area contributed by atoms with E-state index in [0.717, 1.165) is 40.7 Å². The number of carbonyl (C=O) groups is 2. The third-order valence-corrected chi connectivity index (χ3v) is 7.19. The highest BCUT2D eigenvalue weighted by molar-refractivity contribution is 7.21. The molecule has 1 atom stereocenters. The number of hydrogen-bond acceptors (Lipinski definition) is 6. The zero-order valence-corrected chi connectivity index (χ0v) is 18.3. The van der Waals surface area contributed by atoms with Gasteiger partial charge >= 0.3 is 0 Å². The zero-order valence-electron chi connectivity index (χ0n) is 17.5. The van der Waals surface area contributed by atoms with E-state index in [-0.39, 0.29) is 24.2 Å². The van der Waals surface area contributed by atoms with Crippen LogP contribution in [0.5, 0.6) is 0 Å². The monoisotopic (exact) mass is 435 g/mol. The number of amides is 2. The largest absolute Gasteiger partial charge is 0.344 e. The molecule has 2 saturated heterocycles. The zero-order chi connectivity index (χ0) is 21.4. The van der Waals surface area contributed by atoms with Crippen LogP contribution in [-0.2, 0) is 16.0 Å². The van der Waals surface area contributed by atoms with Gasteiger partial charge in [-0.2, -0.15) is 0 Å². The van der Waals surface area contributed by atoms with E-state index in [9.17, 15) is 9.59 Å². The number of nitrogens with zero attached hydrogens (tertiary/aromatic N) is 5. The van der Waals surface area contributed by atoms with Crippen LogP contribution in [0.2, 0.25) is 0 Å². The van der Waals surface area contributed by atoms with Gasteiger partial charge in [-0.1, -0.05) is 30.4 Å². The molecule has 2 fully saturated rings. The van der Waals surface area contributed by atoms with E-state index in [1.165, 1.54) is 5.56 Å².